The topological polar surface area (TPSA) is 81.5 Å². The number of nitrogens with zero attached hydrogens (tertiary/aromatic N) is 1. The van der Waals surface area contributed by atoms with Crippen LogP contribution < -0.4 is 10.1 Å². The Balaban J connectivity index is 3.05. The Morgan fingerprint density at radius 1 is 1.50 bits per heavy atom. The van der Waals surface area contributed by atoms with Crippen LogP contribution in [0.4, 0.5) is 5.69 Å². The molecule has 0 heterocycles. The van der Waals surface area contributed by atoms with E-state index < -0.39 is 4.92 Å². The predicted molar refractivity (Wildman–Crippen MR) is 66.8 cm³/mol. The van der Waals surface area contributed by atoms with Gasteiger partial charge in [-0.2, -0.15) is 0 Å². The molecule has 1 N–H and O–H groups in total. The summed E-state index contributed by atoms with van der Waals surface area (Å²) in [5.74, 6) is -0.0772. The van der Waals surface area contributed by atoms with Gasteiger partial charge in [-0.05, 0) is 12.0 Å². The van der Waals surface area contributed by atoms with Crippen LogP contribution in [0.2, 0.25) is 0 Å². The minimum absolute atomic E-state index is 0.0104. The van der Waals surface area contributed by atoms with Gasteiger partial charge in [-0.25, -0.2) is 0 Å². The maximum atomic E-state index is 11.9. The number of benzene rings is 1. The number of carbonyl (C=O) groups excluding carboxylic acids is 1. The lowest BCUT2D eigenvalue weighted by Crippen LogP contribution is -2.27. The van der Waals surface area contributed by atoms with Crippen LogP contribution in [0.1, 0.15) is 24.2 Å². The fraction of sp³-hybridized carbons (Fsp3) is 0.417. The normalized spacial score (nSPS) is 10.2. The third-order valence-corrected chi connectivity index (χ3v) is 2.31. The number of ether oxygens (including phenoxy) is 1. The SMILES string of the molecule is COc1c(C(=O)NCC(C)C)cccc1[N+](=O)[O-]. The molecule has 0 unspecified atom stereocenters. The lowest BCUT2D eigenvalue weighted by Gasteiger charge is -2.10. The minimum Gasteiger partial charge on any atom is -0.490 e. The van der Waals surface area contributed by atoms with Crippen molar-refractivity contribution in [2.45, 2.75) is 13.8 Å². The molecule has 0 aliphatic rings. The molecule has 6 heteroatoms. The van der Waals surface area contributed by atoms with E-state index in [0.717, 1.165) is 0 Å². The van der Waals surface area contributed by atoms with Crippen molar-refractivity contribution >= 4 is 11.6 Å². The first kappa shape index (κ1) is 14.0. The van der Waals surface area contributed by atoms with Crippen LogP contribution in [0.15, 0.2) is 18.2 Å². The Morgan fingerprint density at radius 2 is 2.17 bits per heavy atom. The summed E-state index contributed by atoms with van der Waals surface area (Å²) in [5.41, 5.74) is -0.0398. The van der Waals surface area contributed by atoms with E-state index in [2.05, 4.69) is 5.32 Å². The fourth-order valence-corrected chi connectivity index (χ4v) is 1.45. The van der Waals surface area contributed by atoms with Crippen molar-refractivity contribution in [3.8, 4) is 5.75 Å². The van der Waals surface area contributed by atoms with Crippen molar-refractivity contribution in [3.05, 3.63) is 33.9 Å². The van der Waals surface area contributed by atoms with E-state index in [1.165, 1.54) is 25.3 Å². The highest BCUT2D eigenvalue weighted by Crippen LogP contribution is 2.30. The average molecular weight is 252 g/mol. The van der Waals surface area contributed by atoms with Gasteiger partial charge in [0.15, 0.2) is 0 Å². The summed E-state index contributed by atoms with van der Waals surface area (Å²) in [5, 5.41) is 13.5. The molecule has 1 rings (SSSR count). The molecule has 0 aliphatic heterocycles. The summed E-state index contributed by atoms with van der Waals surface area (Å²) < 4.78 is 4.96. The maximum absolute atomic E-state index is 11.9. The summed E-state index contributed by atoms with van der Waals surface area (Å²) >= 11 is 0. The molecule has 0 spiro atoms. The summed E-state index contributed by atoms with van der Waals surface area (Å²) in [6.45, 7) is 4.43. The van der Waals surface area contributed by atoms with Crippen molar-refractivity contribution < 1.29 is 14.5 Å². The number of para-hydroxylation sites is 1. The zero-order valence-electron chi connectivity index (χ0n) is 10.6. The number of nitrogens with one attached hydrogen (secondary N) is 1. The smallest absolute Gasteiger partial charge is 0.311 e. The van der Waals surface area contributed by atoms with E-state index in [9.17, 15) is 14.9 Å². The zero-order valence-corrected chi connectivity index (χ0v) is 10.6. The van der Waals surface area contributed by atoms with Gasteiger partial charge in [0.25, 0.3) is 5.91 Å². The molecule has 0 saturated carbocycles. The lowest BCUT2D eigenvalue weighted by atomic mass is 10.1. The molecule has 0 radical (unpaired) electrons. The number of carbonyl (C=O) groups is 1. The van der Waals surface area contributed by atoms with E-state index in [1.807, 2.05) is 13.8 Å². The number of rotatable bonds is 5. The Labute approximate surface area is 105 Å². The predicted octanol–water partition coefficient (Wildman–Crippen LogP) is 1.99. The molecule has 18 heavy (non-hydrogen) atoms. The van der Waals surface area contributed by atoms with E-state index in [1.54, 1.807) is 0 Å². The van der Waals surface area contributed by atoms with Crippen molar-refractivity contribution in [1.29, 1.82) is 0 Å². The van der Waals surface area contributed by atoms with Crippen LogP contribution in [0.5, 0.6) is 5.75 Å². The third kappa shape index (κ3) is 3.19. The summed E-state index contributed by atoms with van der Waals surface area (Å²) in [4.78, 5) is 22.1. The first-order valence-corrected chi connectivity index (χ1v) is 5.57. The van der Waals surface area contributed by atoms with E-state index in [0.29, 0.717) is 12.5 Å². The van der Waals surface area contributed by atoms with Crippen LogP contribution in [0.25, 0.3) is 0 Å². The first-order chi connectivity index (χ1) is 8.47. The van der Waals surface area contributed by atoms with Gasteiger partial charge in [0.1, 0.15) is 0 Å². The van der Waals surface area contributed by atoms with E-state index in [-0.39, 0.29) is 22.9 Å². The number of amides is 1. The fourth-order valence-electron chi connectivity index (χ4n) is 1.45. The van der Waals surface area contributed by atoms with Crippen LogP contribution in [0.3, 0.4) is 0 Å². The largest absolute Gasteiger partial charge is 0.490 e. The second-order valence-corrected chi connectivity index (χ2v) is 4.22. The van der Waals surface area contributed by atoms with Gasteiger partial charge in [0.05, 0.1) is 17.6 Å². The standard InChI is InChI=1S/C12H16N2O4/c1-8(2)7-13-12(15)9-5-4-6-10(14(16)17)11(9)18-3/h4-6,8H,7H2,1-3H3,(H,13,15). The molecule has 0 saturated heterocycles. The third-order valence-electron chi connectivity index (χ3n) is 2.31. The molecule has 1 aromatic carbocycles. The highest BCUT2D eigenvalue weighted by Gasteiger charge is 2.22. The van der Waals surface area contributed by atoms with E-state index >= 15 is 0 Å². The molecule has 6 nitrogen and oxygen atoms in total. The second kappa shape index (κ2) is 6.00. The number of hydrogen-bond acceptors (Lipinski definition) is 4. The maximum Gasteiger partial charge on any atom is 0.311 e. The lowest BCUT2D eigenvalue weighted by molar-refractivity contribution is -0.385. The van der Waals surface area contributed by atoms with Gasteiger partial charge in [0.2, 0.25) is 5.75 Å². The molecular weight excluding hydrogens is 236 g/mol. The molecule has 1 aromatic rings. The van der Waals surface area contributed by atoms with E-state index in [4.69, 9.17) is 4.74 Å². The molecule has 0 aliphatic carbocycles. The molecular formula is C12H16N2O4. The average Bonchev–Trinajstić information content (AvgIpc) is 2.34. The first-order valence-electron chi connectivity index (χ1n) is 5.57. The van der Waals surface area contributed by atoms with Crippen molar-refractivity contribution in [3.63, 3.8) is 0 Å². The monoisotopic (exact) mass is 252 g/mol. The summed E-state index contributed by atoms with van der Waals surface area (Å²) in [6, 6.07) is 4.27. The van der Waals surface area contributed by atoms with Crippen molar-refractivity contribution in [2.75, 3.05) is 13.7 Å². The summed E-state index contributed by atoms with van der Waals surface area (Å²) in [6.07, 6.45) is 0. The molecule has 0 aromatic heterocycles. The minimum atomic E-state index is -0.571. The highest BCUT2D eigenvalue weighted by atomic mass is 16.6. The zero-order chi connectivity index (χ0) is 13.7. The van der Waals surface area contributed by atoms with Crippen LogP contribution in [0, 0.1) is 16.0 Å². The molecule has 0 fully saturated rings. The molecule has 0 bridgehead atoms. The summed E-state index contributed by atoms with van der Waals surface area (Å²) in [7, 11) is 1.31. The van der Waals surface area contributed by atoms with Crippen LogP contribution >= 0.6 is 0 Å². The van der Waals surface area contributed by atoms with Crippen molar-refractivity contribution in [1.82, 2.24) is 5.32 Å². The van der Waals surface area contributed by atoms with Crippen LogP contribution in [-0.2, 0) is 0 Å². The number of nitro benzene ring substituents is 1. The van der Waals surface area contributed by atoms with Gasteiger partial charge in [-0.15, -0.1) is 0 Å². The Hall–Kier alpha value is -2.11. The Kier molecular flexibility index (Phi) is 4.65. The second-order valence-electron chi connectivity index (χ2n) is 4.22. The van der Waals surface area contributed by atoms with Gasteiger partial charge >= 0.3 is 5.69 Å². The Morgan fingerprint density at radius 3 is 2.67 bits per heavy atom. The van der Waals surface area contributed by atoms with Crippen LogP contribution in [-0.4, -0.2) is 24.5 Å². The number of nitro groups is 1. The van der Waals surface area contributed by atoms with Gasteiger partial charge in [0, 0.05) is 12.6 Å². The Bertz CT molecular complexity index is 457. The number of methoxy groups -OCH3 is 1. The number of hydrogen-bond donors (Lipinski definition) is 1. The molecule has 0 atom stereocenters. The van der Waals surface area contributed by atoms with Crippen molar-refractivity contribution in [2.24, 2.45) is 5.92 Å². The van der Waals surface area contributed by atoms with Gasteiger partial charge in [-0.3, -0.25) is 14.9 Å². The van der Waals surface area contributed by atoms with Gasteiger partial charge in [-0.1, -0.05) is 19.9 Å². The quantitative estimate of drug-likeness (QED) is 0.641. The highest BCUT2D eigenvalue weighted by molar-refractivity contribution is 5.98. The molecule has 1 amide bonds. The van der Waals surface area contributed by atoms with Gasteiger partial charge < -0.3 is 10.1 Å². The molecule has 98 valence electrons.